The first kappa shape index (κ1) is 29.9. The summed E-state index contributed by atoms with van der Waals surface area (Å²) in [5, 5.41) is 18.1. The van der Waals surface area contributed by atoms with Gasteiger partial charge in [0.05, 0.1) is 19.7 Å². The maximum Gasteiger partial charge on any atom is 0.329 e. The molecule has 0 spiro atoms. The van der Waals surface area contributed by atoms with Gasteiger partial charge in [-0.1, -0.05) is 78.9 Å². The maximum atomic E-state index is 12.7. The van der Waals surface area contributed by atoms with Crippen molar-refractivity contribution in [2.45, 2.75) is 51.2 Å². The van der Waals surface area contributed by atoms with Crippen LogP contribution in [0.15, 0.2) is 78.9 Å². The van der Waals surface area contributed by atoms with Crippen LogP contribution in [-0.4, -0.2) is 60.6 Å². The molecule has 1 aliphatic rings. The summed E-state index contributed by atoms with van der Waals surface area (Å²) in [4.78, 5) is 37.6. The van der Waals surface area contributed by atoms with Crippen LogP contribution in [-0.2, 0) is 30.3 Å². The molecule has 9 heteroatoms. The number of esters is 1. The summed E-state index contributed by atoms with van der Waals surface area (Å²) in [5.74, 6) is -1.66. The fourth-order valence-corrected chi connectivity index (χ4v) is 4.77. The van der Waals surface area contributed by atoms with Crippen molar-refractivity contribution in [2.75, 3.05) is 19.7 Å². The molecule has 4 N–H and O–H groups in total. The van der Waals surface area contributed by atoms with Gasteiger partial charge in [0, 0.05) is 12.3 Å². The van der Waals surface area contributed by atoms with Gasteiger partial charge in [-0.25, -0.2) is 4.79 Å². The van der Waals surface area contributed by atoms with E-state index in [1.807, 2.05) is 54.6 Å². The number of benzene rings is 3. The molecule has 0 radical (unpaired) electrons. The smallest absolute Gasteiger partial charge is 0.329 e. The highest BCUT2D eigenvalue weighted by atomic mass is 16.6. The molecule has 0 saturated heterocycles. The van der Waals surface area contributed by atoms with Gasteiger partial charge in [0.1, 0.15) is 11.6 Å². The molecule has 9 nitrogen and oxygen atoms in total. The maximum absolute atomic E-state index is 12.7. The quantitative estimate of drug-likeness (QED) is 0.199. The first-order valence-corrected chi connectivity index (χ1v) is 13.6. The van der Waals surface area contributed by atoms with E-state index in [0.717, 1.165) is 27.8 Å². The second-order valence-corrected chi connectivity index (χ2v) is 10.9. The molecule has 4 rings (SSSR count). The van der Waals surface area contributed by atoms with Crippen molar-refractivity contribution in [3.05, 3.63) is 95.6 Å². The van der Waals surface area contributed by atoms with E-state index >= 15 is 0 Å². The Hall–Kier alpha value is -4.05. The van der Waals surface area contributed by atoms with Crippen LogP contribution >= 0.6 is 0 Å². The Balaban J connectivity index is 1.22. The third-order valence-electron chi connectivity index (χ3n) is 6.58. The topological polar surface area (TPSA) is 126 Å². The van der Waals surface area contributed by atoms with E-state index in [1.54, 1.807) is 20.8 Å². The number of carbonyl (C=O) groups is 3. The number of amides is 2. The Bertz CT molecular complexity index is 1310. The Morgan fingerprint density at radius 3 is 2.02 bits per heavy atom. The highest BCUT2D eigenvalue weighted by Gasteiger charge is 2.29. The van der Waals surface area contributed by atoms with Crippen molar-refractivity contribution >= 4 is 17.8 Å². The molecular formula is C32H37N3O6. The molecular weight excluding hydrogens is 522 g/mol. The van der Waals surface area contributed by atoms with Crippen LogP contribution in [0.5, 0.6) is 0 Å². The number of hydrogen-bond donors (Lipinski definition) is 4. The van der Waals surface area contributed by atoms with E-state index in [2.05, 4.69) is 40.2 Å². The Morgan fingerprint density at radius 1 is 0.829 bits per heavy atom. The number of rotatable bonds is 12. The average molecular weight is 560 g/mol. The van der Waals surface area contributed by atoms with Crippen LogP contribution in [0.25, 0.3) is 11.1 Å². The van der Waals surface area contributed by atoms with Crippen LogP contribution in [0.1, 0.15) is 43.4 Å². The number of fused-ring (bicyclic) bond motifs is 3. The molecule has 0 fully saturated rings. The van der Waals surface area contributed by atoms with Gasteiger partial charge in [-0.15, -0.1) is 0 Å². The zero-order chi connectivity index (χ0) is 29.4. The molecule has 0 heterocycles. The van der Waals surface area contributed by atoms with E-state index < -0.39 is 35.8 Å². The summed E-state index contributed by atoms with van der Waals surface area (Å²) in [5.41, 5.74) is 4.69. The second kappa shape index (κ2) is 13.5. The standard InChI is InChI=1S/C32H37N3O6/c1-32(2,3)41-30(38)27(17-21-11-5-4-6-12-21)35-29(37)19-33-28(36)18-34-31(39)40-20-26-24-15-9-7-13-22(24)23-14-8-10-16-25(23)26/h4-16,26-27,31,34,39H,17-20H2,1-3H3,(H,33,36)(H,35,37). The molecule has 0 aliphatic heterocycles. The van der Waals surface area contributed by atoms with Crippen molar-refractivity contribution in [3.8, 4) is 11.1 Å². The minimum atomic E-state index is -1.38. The third kappa shape index (κ3) is 8.47. The predicted octanol–water partition coefficient (Wildman–Crippen LogP) is 2.87. The average Bonchev–Trinajstić information content (AvgIpc) is 3.26. The highest BCUT2D eigenvalue weighted by molar-refractivity contribution is 5.89. The molecule has 2 amide bonds. The molecule has 41 heavy (non-hydrogen) atoms. The van der Waals surface area contributed by atoms with Crippen molar-refractivity contribution in [3.63, 3.8) is 0 Å². The molecule has 0 saturated carbocycles. The highest BCUT2D eigenvalue weighted by Crippen LogP contribution is 2.44. The van der Waals surface area contributed by atoms with Crippen molar-refractivity contribution in [2.24, 2.45) is 0 Å². The number of aliphatic hydroxyl groups is 1. The van der Waals surface area contributed by atoms with Gasteiger partial charge in [-0.2, -0.15) is 0 Å². The van der Waals surface area contributed by atoms with Gasteiger partial charge in [-0.3, -0.25) is 14.9 Å². The lowest BCUT2D eigenvalue weighted by Crippen LogP contribution is -2.49. The van der Waals surface area contributed by atoms with Crippen LogP contribution in [0.3, 0.4) is 0 Å². The zero-order valence-corrected chi connectivity index (χ0v) is 23.6. The third-order valence-corrected chi connectivity index (χ3v) is 6.58. The Morgan fingerprint density at radius 2 is 1.41 bits per heavy atom. The first-order valence-electron chi connectivity index (χ1n) is 13.6. The first-order chi connectivity index (χ1) is 19.6. The summed E-state index contributed by atoms with van der Waals surface area (Å²) in [6.45, 7) is 4.86. The van der Waals surface area contributed by atoms with E-state index in [4.69, 9.17) is 9.47 Å². The molecule has 2 unspecified atom stereocenters. The number of carbonyl (C=O) groups excluding carboxylic acids is 3. The SMILES string of the molecule is CC(C)(C)OC(=O)C(Cc1ccccc1)NC(=O)CNC(=O)CNC(O)OCC1c2ccccc2-c2ccccc21. The minimum absolute atomic E-state index is 0.0369. The zero-order valence-electron chi connectivity index (χ0n) is 23.6. The van der Waals surface area contributed by atoms with Gasteiger partial charge >= 0.3 is 5.97 Å². The van der Waals surface area contributed by atoms with Gasteiger partial charge < -0.3 is 25.2 Å². The molecule has 3 aromatic rings. The van der Waals surface area contributed by atoms with Gasteiger partial charge in [0.25, 0.3) is 0 Å². The molecule has 0 bridgehead atoms. The van der Waals surface area contributed by atoms with E-state index in [-0.39, 0.29) is 32.0 Å². The van der Waals surface area contributed by atoms with E-state index in [1.165, 1.54) is 0 Å². The normalized spacial score (nSPS) is 14.0. The summed E-state index contributed by atoms with van der Waals surface area (Å²) < 4.78 is 11.1. The molecule has 1 aliphatic carbocycles. The van der Waals surface area contributed by atoms with Crippen molar-refractivity contribution in [1.82, 2.24) is 16.0 Å². The Labute approximate surface area is 240 Å². The fraction of sp³-hybridized carbons (Fsp3) is 0.344. The lowest BCUT2D eigenvalue weighted by molar-refractivity contribution is -0.158. The fourth-order valence-electron chi connectivity index (χ4n) is 4.77. The van der Waals surface area contributed by atoms with Gasteiger partial charge in [0.15, 0.2) is 0 Å². The van der Waals surface area contributed by atoms with Gasteiger partial charge in [0.2, 0.25) is 18.2 Å². The summed E-state index contributed by atoms with van der Waals surface area (Å²) in [7, 11) is 0. The van der Waals surface area contributed by atoms with Crippen molar-refractivity contribution in [1.29, 1.82) is 0 Å². The largest absolute Gasteiger partial charge is 0.458 e. The Kier molecular flexibility index (Phi) is 9.88. The summed E-state index contributed by atoms with van der Waals surface area (Å²) in [6.07, 6.45) is -1.13. The van der Waals surface area contributed by atoms with Crippen LogP contribution in [0.4, 0.5) is 0 Å². The molecule has 0 aromatic heterocycles. The monoisotopic (exact) mass is 559 g/mol. The lowest BCUT2D eigenvalue weighted by atomic mass is 9.98. The lowest BCUT2D eigenvalue weighted by Gasteiger charge is -2.24. The van der Waals surface area contributed by atoms with Crippen LogP contribution in [0.2, 0.25) is 0 Å². The second-order valence-electron chi connectivity index (χ2n) is 10.9. The number of aliphatic hydroxyl groups excluding tert-OH is 1. The molecule has 2 atom stereocenters. The molecule has 3 aromatic carbocycles. The summed E-state index contributed by atoms with van der Waals surface area (Å²) in [6, 6.07) is 24.5. The van der Waals surface area contributed by atoms with Crippen LogP contribution < -0.4 is 16.0 Å². The van der Waals surface area contributed by atoms with E-state index in [0.29, 0.717) is 0 Å². The van der Waals surface area contributed by atoms with Crippen molar-refractivity contribution < 1.29 is 29.0 Å². The minimum Gasteiger partial charge on any atom is -0.458 e. The summed E-state index contributed by atoms with van der Waals surface area (Å²) >= 11 is 0. The number of ether oxygens (including phenoxy) is 2. The predicted molar refractivity (Wildman–Crippen MR) is 155 cm³/mol. The van der Waals surface area contributed by atoms with Crippen LogP contribution in [0, 0.1) is 0 Å². The number of nitrogens with one attached hydrogen (secondary N) is 3. The molecule has 216 valence electrons. The van der Waals surface area contributed by atoms with Gasteiger partial charge in [-0.05, 0) is 48.6 Å². The number of hydrogen-bond acceptors (Lipinski definition) is 7. The van der Waals surface area contributed by atoms with E-state index in [9.17, 15) is 19.5 Å².